The van der Waals surface area contributed by atoms with Gasteiger partial charge in [0.1, 0.15) is 4.32 Å². The monoisotopic (exact) mass is 342 g/mol. The smallest absolute Gasteiger partial charge is 0.264 e. The van der Waals surface area contributed by atoms with Gasteiger partial charge in [0.25, 0.3) is 15.9 Å². The molecule has 1 aliphatic heterocycles. The first-order chi connectivity index (χ1) is 9.79. The van der Waals surface area contributed by atoms with E-state index < -0.39 is 15.9 Å². The Balaban J connectivity index is 2.48. The predicted molar refractivity (Wildman–Crippen MR) is 83.8 cm³/mol. The zero-order chi connectivity index (χ0) is 15.6. The van der Waals surface area contributed by atoms with Gasteiger partial charge in [0, 0.05) is 6.92 Å². The molecule has 0 unspecified atom stereocenters. The topological polar surface area (TPSA) is 92.3 Å². The lowest BCUT2D eigenvalue weighted by Gasteiger charge is -2.08. The van der Waals surface area contributed by atoms with Crippen LogP contribution >= 0.6 is 24.0 Å². The first-order valence-electron chi connectivity index (χ1n) is 5.67. The predicted octanol–water partition coefficient (Wildman–Crippen LogP) is 1.00. The Morgan fingerprint density at radius 3 is 2.62 bits per heavy atom. The third-order valence-corrected chi connectivity index (χ3v) is 5.08. The highest BCUT2D eigenvalue weighted by Gasteiger charge is 2.24. The minimum atomic E-state index is -3.98. The second-order valence-corrected chi connectivity index (χ2v) is 7.42. The molecule has 1 aromatic carbocycles. The quantitative estimate of drug-likeness (QED) is 0.629. The van der Waals surface area contributed by atoms with Crippen LogP contribution in [-0.2, 0) is 19.6 Å². The molecule has 0 spiro atoms. The molecule has 1 heterocycles. The van der Waals surface area contributed by atoms with E-state index in [0.717, 1.165) is 18.7 Å². The number of benzene rings is 1. The van der Waals surface area contributed by atoms with Crippen molar-refractivity contribution in [3.05, 3.63) is 34.7 Å². The summed E-state index contributed by atoms with van der Waals surface area (Å²) in [7, 11) is -3.98. The molecular formula is C12H10N2O4S3. The summed E-state index contributed by atoms with van der Waals surface area (Å²) in [6.07, 6.45) is 1.42. The fourth-order valence-electron chi connectivity index (χ4n) is 1.65. The summed E-state index contributed by atoms with van der Waals surface area (Å²) in [5.41, 5.74) is 0.300. The van der Waals surface area contributed by atoms with Gasteiger partial charge in [-0.05, 0) is 17.7 Å². The summed E-state index contributed by atoms with van der Waals surface area (Å²) in [6, 6.07) is 6.06. The molecule has 2 rings (SSSR count). The molecule has 0 aromatic heterocycles. The number of carbonyl (C=O) groups is 2. The number of thiocarbonyl (C=S) groups is 1. The van der Waals surface area contributed by atoms with Crippen molar-refractivity contribution in [1.82, 2.24) is 10.0 Å². The Hall–Kier alpha value is -1.71. The summed E-state index contributed by atoms with van der Waals surface area (Å²) in [6.45, 7) is 1.11. The maximum atomic E-state index is 12.1. The molecule has 9 heteroatoms. The number of sulfonamides is 1. The van der Waals surface area contributed by atoms with Gasteiger partial charge in [-0.1, -0.05) is 42.2 Å². The summed E-state index contributed by atoms with van der Waals surface area (Å²) >= 11 is 5.92. The van der Waals surface area contributed by atoms with Crippen molar-refractivity contribution in [2.24, 2.45) is 0 Å². The van der Waals surface area contributed by atoms with Crippen molar-refractivity contribution in [2.75, 3.05) is 0 Å². The minimum absolute atomic E-state index is 0.0843. The molecule has 0 aliphatic carbocycles. The zero-order valence-electron chi connectivity index (χ0n) is 10.7. The van der Waals surface area contributed by atoms with Crippen LogP contribution in [-0.4, -0.2) is 24.6 Å². The van der Waals surface area contributed by atoms with Crippen LogP contribution in [0.25, 0.3) is 6.08 Å². The van der Waals surface area contributed by atoms with Crippen molar-refractivity contribution < 1.29 is 18.0 Å². The van der Waals surface area contributed by atoms with Gasteiger partial charge >= 0.3 is 0 Å². The Labute approximate surface area is 131 Å². The first kappa shape index (κ1) is 15.7. The van der Waals surface area contributed by atoms with Crippen molar-refractivity contribution >= 4 is 56.2 Å². The maximum absolute atomic E-state index is 12.1. The molecule has 1 aliphatic rings. The Bertz CT molecular complexity index is 768. The maximum Gasteiger partial charge on any atom is 0.264 e. The van der Waals surface area contributed by atoms with E-state index in [2.05, 4.69) is 5.32 Å². The highest BCUT2D eigenvalue weighted by molar-refractivity contribution is 8.26. The molecule has 0 bridgehead atoms. The molecule has 1 aromatic rings. The number of amides is 2. The van der Waals surface area contributed by atoms with Gasteiger partial charge in [-0.25, -0.2) is 13.1 Å². The van der Waals surface area contributed by atoms with Crippen LogP contribution in [0.5, 0.6) is 0 Å². The van der Waals surface area contributed by atoms with E-state index in [1.807, 2.05) is 4.72 Å². The number of carbonyl (C=O) groups excluding carboxylic acids is 2. The molecule has 1 fully saturated rings. The minimum Gasteiger partial charge on any atom is -0.307 e. The first-order valence-corrected chi connectivity index (χ1v) is 8.37. The molecule has 1 saturated heterocycles. The molecule has 0 atom stereocenters. The van der Waals surface area contributed by atoms with Crippen LogP contribution in [0.1, 0.15) is 12.5 Å². The second-order valence-electron chi connectivity index (χ2n) is 4.05. The highest BCUT2D eigenvalue weighted by Crippen LogP contribution is 2.28. The lowest BCUT2D eigenvalue weighted by atomic mass is 10.2. The van der Waals surface area contributed by atoms with Crippen LogP contribution < -0.4 is 10.0 Å². The van der Waals surface area contributed by atoms with Crippen molar-refractivity contribution in [1.29, 1.82) is 0 Å². The molecule has 21 heavy (non-hydrogen) atoms. The van der Waals surface area contributed by atoms with E-state index in [1.165, 1.54) is 24.3 Å². The van der Waals surface area contributed by atoms with E-state index in [4.69, 9.17) is 12.2 Å². The Kier molecular flexibility index (Phi) is 4.45. The van der Waals surface area contributed by atoms with Gasteiger partial charge < -0.3 is 5.32 Å². The van der Waals surface area contributed by atoms with Gasteiger partial charge in [0.2, 0.25) is 5.91 Å². The number of hydrogen-bond donors (Lipinski definition) is 2. The molecule has 0 radical (unpaired) electrons. The third kappa shape index (κ3) is 3.69. The average Bonchev–Trinajstić information content (AvgIpc) is 2.66. The van der Waals surface area contributed by atoms with E-state index in [-0.39, 0.29) is 10.8 Å². The van der Waals surface area contributed by atoms with Gasteiger partial charge in [0.05, 0.1) is 9.80 Å². The van der Waals surface area contributed by atoms with Gasteiger partial charge in [-0.15, -0.1) is 0 Å². The van der Waals surface area contributed by atoms with E-state index in [9.17, 15) is 18.0 Å². The van der Waals surface area contributed by atoms with E-state index in [1.54, 1.807) is 6.07 Å². The zero-order valence-corrected chi connectivity index (χ0v) is 13.2. The molecule has 6 nitrogen and oxygen atoms in total. The van der Waals surface area contributed by atoms with E-state index >= 15 is 0 Å². The van der Waals surface area contributed by atoms with Gasteiger partial charge in [-0.3, -0.25) is 9.59 Å². The number of nitrogens with one attached hydrogen (secondary N) is 2. The summed E-state index contributed by atoms with van der Waals surface area (Å²) < 4.78 is 26.4. The van der Waals surface area contributed by atoms with Crippen molar-refractivity contribution in [2.45, 2.75) is 11.8 Å². The van der Waals surface area contributed by atoms with Crippen LogP contribution in [0.15, 0.2) is 34.1 Å². The SMILES string of the molecule is CC(=O)NS(=O)(=O)c1ccccc1/C=C1\SC(=S)NC1=O. The van der Waals surface area contributed by atoms with Crippen molar-refractivity contribution in [3.8, 4) is 0 Å². The fourth-order valence-corrected chi connectivity index (χ4v) is 3.87. The van der Waals surface area contributed by atoms with Crippen LogP contribution in [0, 0.1) is 0 Å². The Morgan fingerprint density at radius 1 is 1.38 bits per heavy atom. The van der Waals surface area contributed by atoms with E-state index in [0.29, 0.717) is 14.8 Å². The van der Waals surface area contributed by atoms with Gasteiger partial charge in [0.15, 0.2) is 0 Å². The fraction of sp³-hybridized carbons (Fsp3) is 0.0833. The highest BCUT2D eigenvalue weighted by atomic mass is 32.2. The van der Waals surface area contributed by atoms with Crippen LogP contribution in [0.4, 0.5) is 0 Å². The second kappa shape index (κ2) is 5.96. The van der Waals surface area contributed by atoms with Crippen molar-refractivity contribution in [3.63, 3.8) is 0 Å². The number of thioether (sulfide) groups is 1. The third-order valence-electron chi connectivity index (χ3n) is 2.42. The lowest BCUT2D eigenvalue weighted by Crippen LogP contribution is -2.28. The number of hydrogen-bond acceptors (Lipinski definition) is 6. The molecular weight excluding hydrogens is 332 g/mol. The summed E-state index contributed by atoms with van der Waals surface area (Å²) in [5.74, 6) is -1.07. The number of rotatable bonds is 3. The largest absolute Gasteiger partial charge is 0.307 e. The molecule has 2 N–H and O–H groups in total. The lowest BCUT2D eigenvalue weighted by molar-refractivity contribution is -0.117. The molecule has 110 valence electrons. The summed E-state index contributed by atoms with van der Waals surface area (Å²) in [5, 5.41) is 2.45. The average molecular weight is 342 g/mol. The normalized spacial score (nSPS) is 16.9. The standard InChI is InChI=1S/C12H10N2O4S3/c1-7(15)14-21(17,18)10-5-3-2-4-8(10)6-9-11(16)13-12(19)20-9/h2-6H,1H3,(H,14,15)(H,13,16,19)/b9-6-. The van der Waals surface area contributed by atoms with Crippen LogP contribution in [0.2, 0.25) is 0 Å². The van der Waals surface area contributed by atoms with Gasteiger partial charge in [-0.2, -0.15) is 0 Å². The molecule has 0 saturated carbocycles. The molecule has 2 amide bonds. The van der Waals surface area contributed by atoms with Crippen LogP contribution in [0.3, 0.4) is 0 Å². The Morgan fingerprint density at radius 2 is 2.05 bits per heavy atom. The summed E-state index contributed by atoms with van der Waals surface area (Å²) in [4.78, 5) is 22.8.